The van der Waals surface area contributed by atoms with E-state index in [4.69, 9.17) is 4.74 Å². The van der Waals surface area contributed by atoms with Crippen LogP contribution in [0.3, 0.4) is 0 Å². The molecule has 2 rings (SSSR count). The van der Waals surface area contributed by atoms with Crippen LogP contribution in [-0.4, -0.2) is 28.9 Å². The second-order valence-corrected chi connectivity index (χ2v) is 5.42. The highest BCUT2D eigenvalue weighted by molar-refractivity contribution is 5.91. The number of aryl methyl sites for hydroxylation is 3. The summed E-state index contributed by atoms with van der Waals surface area (Å²) in [5, 5.41) is 7.01. The van der Waals surface area contributed by atoms with Crippen molar-refractivity contribution in [3.8, 4) is 11.5 Å². The van der Waals surface area contributed by atoms with Crippen LogP contribution in [0.25, 0.3) is 0 Å². The predicted molar refractivity (Wildman–Crippen MR) is 89.2 cm³/mol. The van der Waals surface area contributed by atoms with Crippen LogP contribution < -0.4 is 14.8 Å². The van der Waals surface area contributed by atoms with E-state index >= 15 is 0 Å². The lowest BCUT2D eigenvalue weighted by molar-refractivity contribution is -0.116. The number of amides is 1. The summed E-state index contributed by atoms with van der Waals surface area (Å²) in [6.07, 6.45) is 0.237. The largest absolute Gasteiger partial charge is 0.490 e. The summed E-state index contributed by atoms with van der Waals surface area (Å²) in [7, 11) is 0. The molecule has 0 bridgehead atoms. The zero-order valence-electron chi connectivity index (χ0n) is 14.4. The number of halogens is 2. The van der Waals surface area contributed by atoms with Crippen LogP contribution >= 0.6 is 0 Å². The van der Waals surface area contributed by atoms with Crippen molar-refractivity contribution in [3.63, 3.8) is 0 Å². The van der Waals surface area contributed by atoms with Gasteiger partial charge in [0.2, 0.25) is 5.91 Å². The molecule has 0 saturated heterocycles. The quantitative estimate of drug-likeness (QED) is 0.788. The highest BCUT2D eigenvalue weighted by Gasteiger charge is 2.13. The SMILES string of the molecule is CCOc1cc(NC(=O)CCn2nc(C)cc2C)ccc1OC(F)F. The van der Waals surface area contributed by atoms with Gasteiger partial charge in [0.1, 0.15) is 0 Å². The molecule has 8 heteroatoms. The second-order valence-electron chi connectivity index (χ2n) is 5.42. The number of nitrogens with zero attached hydrogens (tertiary/aromatic N) is 2. The normalized spacial score (nSPS) is 10.8. The number of benzene rings is 1. The summed E-state index contributed by atoms with van der Waals surface area (Å²) in [5.74, 6) is -0.130. The van der Waals surface area contributed by atoms with Gasteiger partial charge < -0.3 is 14.8 Å². The van der Waals surface area contributed by atoms with E-state index in [9.17, 15) is 13.6 Å². The average Bonchev–Trinajstić information content (AvgIpc) is 2.85. The van der Waals surface area contributed by atoms with Crippen molar-refractivity contribution in [1.82, 2.24) is 9.78 Å². The average molecular weight is 353 g/mol. The van der Waals surface area contributed by atoms with E-state index in [2.05, 4.69) is 15.2 Å². The third kappa shape index (κ3) is 5.44. The van der Waals surface area contributed by atoms with Gasteiger partial charge >= 0.3 is 6.61 Å². The molecule has 1 aromatic heterocycles. The molecule has 25 heavy (non-hydrogen) atoms. The molecule has 0 unspecified atom stereocenters. The molecule has 1 amide bonds. The van der Waals surface area contributed by atoms with Crippen molar-refractivity contribution in [2.24, 2.45) is 0 Å². The maximum Gasteiger partial charge on any atom is 0.387 e. The summed E-state index contributed by atoms with van der Waals surface area (Å²) in [5.41, 5.74) is 2.33. The van der Waals surface area contributed by atoms with Crippen LogP contribution in [0.15, 0.2) is 24.3 Å². The smallest absolute Gasteiger partial charge is 0.387 e. The summed E-state index contributed by atoms with van der Waals surface area (Å²) in [6, 6.07) is 6.23. The van der Waals surface area contributed by atoms with Gasteiger partial charge in [-0.1, -0.05) is 0 Å². The molecular formula is C17H21F2N3O3. The van der Waals surface area contributed by atoms with E-state index in [1.54, 1.807) is 11.6 Å². The molecule has 0 aliphatic rings. The monoisotopic (exact) mass is 353 g/mol. The third-order valence-electron chi connectivity index (χ3n) is 3.40. The summed E-state index contributed by atoms with van der Waals surface area (Å²) >= 11 is 0. The predicted octanol–water partition coefficient (Wildman–Crippen LogP) is 3.53. The Morgan fingerprint density at radius 3 is 2.64 bits per heavy atom. The first-order valence-electron chi connectivity index (χ1n) is 7.91. The molecular weight excluding hydrogens is 332 g/mol. The number of ether oxygens (including phenoxy) is 2. The molecule has 1 heterocycles. The fourth-order valence-electron chi connectivity index (χ4n) is 2.38. The lowest BCUT2D eigenvalue weighted by Gasteiger charge is -2.13. The van der Waals surface area contributed by atoms with Gasteiger partial charge in [-0.3, -0.25) is 9.48 Å². The Labute approximate surface area is 144 Å². The van der Waals surface area contributed by atoms with Crippen LogP contribution in [-0.2, 0) is 11.3 Å². The minimum Gasteiger partial charge on any atom is -0.490 e. The first kappa shape index (κ1) is 18.7. The number of anilines is 1. The van der Waals surface area contributed by atoms with Gasteiger partial charge in [0, 0.05) is 30.4 Å². The minimum atomic E-state index is -2.94. The fourth-order valence-corrected chi connectivity index (χ4v) is 2.38. The highest BCUT2D eigenvalue weighted by atomic mass is 19.3. The van der Waals surface area contributed by atoms with Crippen molar-refractivity contribution in [2.45, 2.75) is 40.3 Å². The molecule has 0 fully saturated rings. The Bertz CT molecular complexity index is 732. The van der Waals surface area contributed by atoms with E-state index in [0.29, 0.717) is 12.2 Å². The maximum atomic E-state index is 12.4. The molecule has 0 radical (unpaired) electrons. The number of carbonyl (C=O) groups is 1. The van der Waals surface area contributed by atoms with Gasteiger partial charge in [-0.2, -0.15) is 13.9 Å². The zero-order valence-corrected chi connectivity index (χ0v) is 14.4. The van der Waals surface area contributed by atoms with Crippen molar-refractivity contribution in [3.05, 3.63) is 35.7 Å². The van der Waals surface area contributed by atoms with Gasteiger partial charge in [0.15, 0.2) is 11.5 Å². The lowest BCUT2D eigenvalue weighted by atomic mass is 10.2. The van der Waals surface area contributed by atoms with E-state index in [1.165, 1.54) is 18.2 Å². The molecule has 0 saturated carbocycles. The number of carbonyl (C=O) groups excluding carboxylic acids is 1. The van der Waals surface area contributed by atoms with Gasteiger partial charge in [-0.05, 0) is 39.0 Å². The first-order valence-corrected chi connectivity index (χ1v) is 7.91. The highest BCUT2D eigenvalue weighted by Crippen LogP contribution is 2.31. The fraction of sp³-hybridized carbons (Fsp3) is 0.412. The molecule has 0 aliphatic heterocycles. The maximum absolute atomic E-state index is 12.4. The van der Waals surface area contributed by atoms with Crippen molar-refractivity contribution >= 4 is 11.6 Å². The number of hydrogen-bond acceptors (Lipinski definition) is 4. The third-order valence-corrected chi connectivity index (χ3v) is 3.40. The molecule has 0 spiro atoms. The van der Waals surface area contributed by atoms with Crippen molar-refractivity contribution < 1.29 is 23.0 Å². The van der Waals surface area contributed by atoms with Gasteiger partial charge in [0.25, 0.3) is 0 Å². The number of rotatable bonds is 8. The second kappa shape index (κ2) is 8.46. The Morgan fingerprint density at radius 1 is 1.28 bits per heavy atom. The summed E-state index contributed by atoms with van der Waals surface area (Å²) < 4.78 is 36.2. The van der Waals surface area contributed by atoms with E-state index in [0.717, 1.165) is 11.4 Å². The molecule has 1 aromatic carbocycles. The van der Waals surface area contributed by atoms with Crippen LogP contribution in [0.2, 0.25) is 0 Å². The number of nitrogens with one attached hydrogen (secondary N) is 1. The van der Waals surface area contributed by atoms with Gasteiger partial charge in [0.05, 0.1) is 12.3 Å². The molecule has 136 valence electrons. The molecule has 1 N–H and O–H groups in total. The Balaban J connectivity index is 1.99. The Hall–Kier alpha value is -2.64. The summed E-state index contributed by atoms with van der Waals surface area (Å²) in [6.45, 7) is 3.34. The van der Waals surface area contributed by atoms with Gasteiger partial charge in [-0.15, -0.1) is 0 Å². The van der Waals surface area contributed by atoms with Gasteiger partial charge in [-0.25, -0.2) is 0 Å². The summed E-state index contributed by atoms with van der Waals surface area (Å²) in [4.78, 5) is 12.1. The topological polar surface area (TPSA) is 65.4 Å². The van der Waals surface area contributed by atoms with E-state index in [-0.39, 0.29) is 30.4 Å². The zero-order chi connectivity index (χ0) is 18.4. The standard InChI is InChI=1S/C17H21F2N3O3/c1-4-24-15-10-13(5-6-14(15)25-17(18)19)20-16(23)7-8-22-12(3)9-11(2)21-22/h5-6,9-10,17H,4,7-8H2,1-3H3,(H,20,23). The number of hydrogen-bond donors (Lipinski definition) is 1. The van der Waals surface area contributed by atoms with E-state index < -0.39 is 6.61 Å². The molecule has 0 atom stereocenters. The van der Waals surface area contributed by atoms with Crippen LogP contribution in [0.4, 0.5) is 14.5 Å². The molecule has 6 nitrogen and oxygen atoms in total. The Kier molecular flexibility index (Phi) is 6.32. The van der Waals surface area contributed by atoms with E-state index in [1.807, 2.05) is 19.9 Å². The molecule has 0 aliphatic carbocycles. The lowest BCUT2D eigenvalue weighted by Crippen LogP contribution is -2.16. The van der Waals surface area contributed by atoms with Crippen molar-refractivity contribution in [1.29, 1.82) is 0 Å². The minimum absolute atomic E-state index is 0.0718. The first-order chi connectivity index (χ1) is 11.9. The number of alkyl halides is 2. The van der Waals surface area contributed by atoms with Crippen LogP contribution in [0.5, 0.6) is 11.5 Å². The van der Waals surface area contributed by atoms with Crippen LogP contribution in [0.1, 0.15) is 24.7 Å². The molecule has 2 aromatic rings. The Morgan fingerprint density at radius 2 is 2.04 bits per heavy atom. The van der Waals surface area contributed by atoms with Crippen LogP contribution in [0, 0.1) is 13.8 Å². The number of aromatic nitrogens is 2. The van der Waals surface area contributed by atoms with Crippen molar-refractivity contribution in [2.75, 3.05) is 11.9 Å².